The molecule has 1 aliphatic carbocycles. The van der Waals surface area contributed by atoms with E-state index in [1.807, 2.05) is 24.3 Å². The lowest BCUT2D eigenvalue weighted by Gasteiger charge is -2.20. The second kappa shape index (κ2) is 4.88. The summed E-state index contributed by atoms with van der Waals surface area (Å²) >= 11 is 0. The molecule has 0 bridgehead atoms. The number of benzene rings is 1. The van der Waals surface area contributed by atoms with Crippen molar-refractivity contribution >= 4 is 22.7 Å². The Morgan fingerprint density at radius 1 is 1.26 bits per heavy atom. The molecule has 2 aromatic rings. The highest BCUT2D eigenvalue weighted by atomic mass is 16.5. The lowest BCUT2D eigenvalue weighted by atomic mass is 9.96. The van der Waals surface area contributed by atoms with Crippen LogP contribution >= 0.6 is 0 Å². The van der Waals surface area contributed by atoms with Gasteiger partial charge in [0.25, 0.3) is 0 Å². The maximum Gasteiger partial charge on any atom is 0.341 e. The Labute approximate surface area is 110 Å². The fourth-order valence-corrected chi connectivity index (χ4v) is 2.51. The number of para-hydroxylation sites is 1. The van der Waals surface area contributed by atoms with Gasteiger partial charge in [-0.05, 0) is 25.3 Å². The van der Waals surface area contributed by atoms with Gasteiger partial charge in [0.05, 0.1) is 5.56 Å². The SMILES string of the molecule is O=C(OC1CCCCC1=O)c1c[nH]c2ccccc12. The number of Topliss-reactive ketones (excluding diaryl/α,β-unsaturated/α-hetero) is 1. The second-order valence-electron chi connectivity index (χ2n) is 4.85. The monoisotopic (exact) mass is 257 g/mol. The first-order valence-electron chi connectivity index (χ1n) is 6.55. The Balaban J connectivity index is 1.82. The molecule has 0 radical (unpaired) electrons. The molecule has 1 fully saturated rings. The average molecular weight is 257 g/mol. The van der Waals surface area contributed by atoms with E-state index in [1.165, 1.54) is 0 Å². The Morgan fingerprint density at radius 2 is 2.11 bits per heavy atom. The normalized spacial score (nSPS) is 19.6. The summed E-state index contributed by atoms with van der Waals surface area (Å²) in [7, 11) is 0. The molecule has 1 unspecified atom stereocenters. The standard InChI is InChI=1S/C15H15NO3/c17-13-7-3-4-8-14(13)19-15(18)11-9-16-12-6-2-1-5-10(11)12/h1-2,5-6,9,14,16H,3-4,7-8H2. The van der Waals surface area contributed by atoms with E-state index in [-0.39, 0.29) is 5.78 Å². The molecular weight excluding hydrogens is 242 g/mol. The quantitative estimate of drug-likeness (QED) is 0.841. The smallest absolute Gasteiger partial charge is 0.341 e. The van der Waals surface area contributed by atoms with Crippen LogP contribution in [0, 0.1) is 0 Å². The fourth-order valence-electron chi connectivity index (χ4n) is 2.51. The second-order valence-corrected chi connectivity index (χ2v) is 4.85. The summed E-state index contributed by atoms with van der Waals surface area (Å²) in [6.07, 6.45) is 4.09. The number of carbonyl (C=O) groups excluding carboxylic acids is 2. The molecule has 4 heteroatoms. The first kappa shape index (κ1) is 12.0. The van der Waals surface area contributed by atoms with Crippen molar-refractivity contribution in [3.63, 3.8) is 0 Å². The third kappa shape index (κ3) is 2.26. The molecule has 0 spiro atoms. The van der Waals surface area contributed by atoms with E-state index in [0.29, 0.717) is 18.4 Å². The summed E-state index contributed by atoms with van der Waals surface area (Å²) in [5, 5.41) is 0.829. The molecule has 1 atom stereocenters. The van der Waals surface area contributed by atoms with E-state index in [0.717, 1.165) is 23.7 Å². The van der Waals surface area contributed by atoms with Gasteiger partial charge in [0.15, 0.2) is 11.9 Å². The van der Waals surface area contributed by atoms with Crippen LogP contribution in [0.25, 0.3) is 10.9 Å². The predicted molar refractivity (Wildman–Crippen MR) is 71.0 cm³/mol. The van der Waals surface area contributed by atoms with E-state index in [4.69, 9.17) is 4.74 Å². The molecule has 0 aliphatic heterocycles. The number of ketones is 1. The highest BCUT2D eigenvalue weighted by Gasteiger charge is 2.27. The van der Waals surface area contributed by atoms with Gasteiger partial charge in [-0.3, -0.25) is 4.79 Å². The summed E-state index contributed by atoms with van der Waals surface area (Å²) in [6, 6.07) is 7.54. The number of H-pyrrole nitrogens is 1. The van der Waals surface area contributed by atoms with Crippen molar-refractivity contribution < 1.29 is 14.3 Å². The molecule has 1 aromatic carbocycles. The van der Waals surface area contributed by atoms with Crippen LogP contribution in [-0.4, -0.2) is 22.8 Å². The van der Waals surface area contributed by atoms with Crippen molar-refractivity contribution in [3.05, 3.63) is 36.0 Å². The molecule has 1 N–H and O–H groups in total. The van der Waals surface area contributed by atoms with Crippen LogP contribution in [-0.2, 0) is 9.53 Å². The highest BCUT2D eigenvalue weighted by molar-refractivity contribution is 6.04. The van der Waals surface area contributed by atoms with Gasteiger partial charge in [0.1, 0.15) is 0 Å². The number of aromatic amines is 1. The maximum absolute atomic E-state index is 12.1. The zero-order valence-electron chi connectivity index (χ0n) is 10.5. The molecule has 3 rings (SSSR count). The third-order valence-electron chi connectivity index (χ3n) is 3.56. The third-order valence-corrected chi connectivity index (χ3v) is 3.56. The molecule has 1 saturated carbocycles. The minimum Gasteiger partial charge on any atom is -0.451 e. The first-order chi connectivity index (χ1) is 9.25. The van der Waals surface area contributed by atoms with Gasteiger partial charge >= 0.3 is 5.97 Å². The number of aromatic nitrogens is 1. The summed E-state index contributed by atoms with van der Waals surface area (Å²) in [4.78, 5) is 26.8. The van der Waals surface area contributed by atoms with Gasteiger partial charge < -0.3 is 9.72 Å². The summed E-state index contributed by atoms with van der Waals surface area (Å²) < 4.78 is 5.35. The highest BCUT2D eigenvalue weighted by Crippen LogP contribution is 2.22. The van der Waals surface area contributed by atoms with Crippen LogP contribution in [0.1, 0.15) is 36.0 Å². The van der Waals surface area contributed by atoms with E-state index >= 15 is 0 Å². The van der Waals surface area contributed by atoms with E-state index in [1.54, 1.807) is 6.20 Å². The van der Waals surface area contributed by atoms with Crippen LogP contribution in [0.3, 0.4) is 0 Å². The van der Waals surface area contributed by atoms with Crippen molar-refractivity contribution in [1.82, 2.24) is 4.98 Å². The summed E-state index contributed by atoms with van der Waals surface area (Å²) in [6.45, 7) is 0. The Kier molecular flexibility index (Phi) is 3.07. The minimum absolute atomic E-state index is 0.0411. The van der Waals surface area contributed by atoms with Gasteiger partial charge in [-0.25, -0.2) is 4.79 Å². The lowest BCUT2D eigenvalue weighted by Crippen LogP contribution is -2.30. The van der Waals surface area contributed by atoms with Crippen molar-refractivity contribution in [2.45, 2.75) is 31.8 Å². The van der Waals surface area contributed by atoms with Crippen LogP contribution in [0.5, 0.6) is 0 Å². The molecule has 98 valence electrons. The number of rotatable bonds is 2. The topological polar surface area (TPSA) is 59.2 Å². The maximum atomic E-state index is 12.1. The van der Waals surface area contributed by atoms with Crippen molar-refractivity contribution in [1.29, 1.82) is 0 Å². The molecule has 19 heavy (non-hydrogen) atoms. The number of carbonyl (C=O) groups is 2. The summed E-state index contributed by atoms with van der Waals surface area (Å²) in [5.41, 5.74) is 1.39. The van der Waals surface area contributed by atoms with Gasteiger partial charge in [-0.1, -0.05) is 18.2 Å². The number of esters is 1. The van der Waals surface area contributed by atoms with Crippen LogP contribution in [0.4, 0.5) is 0 Å². The molecule has 1 aromatic heterocycles. The first-order valence-corrected chi connectivity index (χ1v) is 6.55. The van der Waals surface area contributed by atoms with E-state index in [9.17, 15) is 9.59 Å². The number of ether oxygens (including phenoxy) is 1. The molecule has 1 heterocycles. The molecule has 4 nitrogen and oxygen atoms in total. The summed E-state index contributed by atoms with van der Waals surface area (Å²) in [5.74, 6) is -0.378. The van der Waals surface area contributed by atoms with Crippen molar-refractivity contribution in [3.8, 4) is 0 Å². The Hall–Kier alpha value is -2.10. The van der Waals surface area contributed by atoms with Crippen molar-refractivity contribution in [2.75, 3.05) is 0 Å². The van der Waals surface area contributed by atoms with Crippen LogP contribution in [0.2, 0.25) is 0 Å². The average Bonchev–Trinajstić information content (AvgIpc) is 2.85. The van der Waals surface area contributed by atoms with E-state index < -0.39 is 12.1 Å². The number of nitrogens with one attached hydrogen (secondary N) is 1. The Bertz CT molecular complexity index is 629. The zero-order chi connectivity index (χ0) is 13.2. The minimum atomic E-state index is -0.560. The van der Waals surface area contributed by atoms with Crippen LogP contribution in [0.15, 0.2) is 30.5 Å². The lowest BCUT2D eigenvalue weighted by molar-refractivity contribution is -0.129. The Morgan fingerprint density at radius 3 is 2.95 bits per heavy atom. The number of fused-ring (bicyclic) bond motifs is 1. The largest absolute Gasteiger partial charge is 0.451 e. The van der Waals surface area contributed by atoms with E-state index in [2.05, 4.69) is 4.98 Å². The number of hydrogen-bond acceptors (Lipinski definition) is 3. The zero-order valence-corrected chi connectivity index (χ0v) is 10.5. The predicted octanol–water partition coefficient (Wildman–Crippen LogP) is 2.84. The fraction of sp³-hybridized carbons (Fsp3) is 0.333. The molecule has 1 aliphatic rings. The number of hydrogen-bond donors (Lipinski definition) is 1. The van der Waals surface area contributed by atoms with Crippen molar-refractivity contribution in [2.24, 2.45) is 0 Å². The van der Waals surface area contributed by atoms with Gasteiger partial charge in [0, 0.05) is 23.5 Å². The van der Waals surface area contributed by atoms with Gasteiger partial charge in [0.2, 0.25) is 0 Å². The van der Waals surface area contributed by atoms with Crippen LogP contribution < -0.4 is 0 Å². The molecular formula is C15H15NO3. The molecule has 0 saturated heterocycles. The van der Waals surface area contributed by atoms with Gasteiger partial charge in [-0.15, -0.1) is 0 Å². The van der Waals surface area contributed by atoms with Gasteiger partial charge in [-0.2, -0.15) is 0 Å². The molecule has 0 amide bonds.